The molecule has 17 heavy (non-hydrogen) atoms. The van der Waals surface area contributed by atoms with E-state index in [1.54, 1.807) is 19.2 Å². The molecule has 1 aromatic rings. The van der Waals surface area contributed by atoms with Crippen LogP contribution >= 0.6 is 0 Å². The van der Waals surface area contributed by atoms with Crippen LogP contribution < -0.4 is 0 Å². The van der Waals surface area contributed by atoms with Crippen LogP contribution in [0.4, 0.5) is 0 Å². The predicted octanol–water partition coefficient (Wildman–Crippen LogP) is 0.577. The molecule has 0 bridgehead atoms. The van der Waals surface area contributed by atoms with Crippen molar-refractivity contribution >= 4 is 11.9 Å². The Morgan fingerprint density at radius 2 is 1.94 bits per heavy atom. The van der Waals surface area contributed by atoms with Gasteiger partial charge in [-0.3, -0.25) is 9.59 Å². The van der Waals surface area contributed by atoms with Gasteiger partial charge in [-0.15, -0.1) is 0 Å². The number of amides is 1. The van der Waals surface area contributed by atoms with Crippen LogP contribution in [0.5, 0.6) is 5.75 Å². The highest BCUT2D eigenvalue weighted by Gasteiger charge is 2.49. The lowest BCUT2D eigenvalue weighted by molar-refractivity contribution is -0.143. The fourth-order valence-corrected chi connectivity index (χ4v) is 2.18. The minimum Gasteiger partial charge on any atom is -0.508 e. The average Bonchev–Trinajstić information content (AvgIpc) is 2.57. The number of phenolic OH excluding ortho intramolecular Hbond substituents is 1. The number of likely N-dealkylation sites (N-methyl/N-ethyl adjacent to an activating group) is 1. The first-order chi connectivity index (χ1) is 7.95. The first-order valence-corrected chi connectivity index (χ1v) is 5.22. The summed E-state index contributed by atoms with van der Waals surface area (Å²) in [4.78, 5) is 24.4. The van der Waals surface area contributed by atoms with Crippen LogP contribution in [0.2, 0.25) is 0 Å². The quantitative estimate of drug-likeness (QED) is 0.785. The highest BCUT2D eigenvalue weighted by molar-refractivity contribution is 5.93. The fraction of sp³-hybridized carbons (Fsp3) is 0.333. The Morgan fingerprint density at radius 3 is 2.35 bits per heavy atom. The number of hydrogen-bond donors (Lipinski definition) is 2. The maximum absolute atomic E-state index is 11.5. The SMILES string of the molecule is CN1CC(C(=O)O)(c2ccc(O)cc2)CC1=O. The lowest BCUT2D eigenvalue weighted by atomic mass is 9.79. The standard InChI is InChI=1S/C12H13NO4/c1-13-7-12(11(16)17,6-10(13)15)8-2-4-9(14)5-3-8/h2-5,14H,6-7H2,1H3,(H,16,17). The molecule has 0 saturated carbocycles. The molecule has 1 atom stereocenters. The van der Waals surface area contributed by atoms with E-state index in [2.05, 4.69) is 0 Å². The Bertz CT molecular complexity index is 468. The molecule has 0 radical (unpaired) electrons. The molecular weight excluding hydrogens is 222 g/mol. The summed E-state index contributed by atoms with van der Waals surface area (Å²) in [7, 11) is 1.59. The van der Waals surface area contributed by atoms with Crippen molar-refractivity contribution in [2.45, 2.75) is 11.8 Å². The van der Waals surface area contributed by atoms with Crippen molar-refractivity contribution in [2.75, 3.05) is 13.6 Å². The van der Waals surface area contributed by atoms with Gasteiger partial charge in [-0.25, -0.2) is 0 Å². The van der Waals surface area contributed by atoms with E-state index in [4.69, 9.17) is 0 Å². The molecule has 0 aromatic heterocycles. The normalized spacial score (nSPS) is 24.1. The van der Waals surface area contributed by atoms with Crippen LogP contribution in [0, 0.1) is 0 Å². The van der Waals surface area contributed by atoms with E-state index in [-0.39, 0.29) is 24.6 Å². The Hall–Kier alpha value is -2.04. The highest BCUT2D eigenvalue weighted by atomic mass is 16.4. The fourth-order valence-electron chi connectivity index (χ4n) is 2.18. The number of phenols is 1. The molecule has 0 spiro atoms. The minimum absolute atomic E-state index is 0.0381. The zero-order chi connectivity index (χ0) is 12.6. The van der Waals surface area contributed by atoms with Gasteiger partial charge in [0.15, 0.2) is 0 Å². The first kappa shape index (κ1) is 11.4. The van der Waals surface area contributed by atoms with Crippen molar-refractivity contribution in [3.05, 3.63) is 29.8 Å². The van der Waals surface area contributed by atoms with Crippen molar-refractivity contribution in [3.8, 4) is 5.75 Å². The third-order valence-corrected chi connectivity index (χ3v) is 3.22. The van der Waals surface area contributed by atoms with Crippen molar-refractivity contribution in [1.82, 2.24) is 4.90 Å². The van der Waals surface area contributed by atoms with E-state index in [9.17, 15) is 19.8 Å². The van der Waals surface area contributed by atoms with Crippen molar-refractivity contribution < 1.29 is 19.8 Å². The van der Waals surface area contributed by atoms with Gasteiger partial charge in [-0.05, 0) is 17.7 Å². The number of likely N-dealkylation sites (tertiary alicyclic amines) is 1. The Balaban J connectivity index is 2.46. The molecule has 1 heterocycles. The van der Waals surface area contributed by atoms with Crippen LogP contribution in [-0.4, -0.2) is 40.6 Å². The van der Waals surface area contributed by atoms with Crippen LogP contribution in [0.25, 0.3) is 0 Å². The molecule has 5 heteroatoms. The summed E-state index contributed by atoms with van der Waals surface area (Å²) in [6.07, 6.45) is -0.0381. The second kappa shape index (κ2) is 3.76. The van der Waals surface area contributed by atoms with Gasteiger partial charge in [0, 0.05) is 20.0 Å². The van der Waals surface area contributed by atoms with Gasteiger partial charge in [0.05, 0.1) is 0 Å². The van der Waals surface area contributed by atoms with E-state index in [1.807, 2.05) is 0 Å². The number of rotatable bonds is 2. The summed E-state index contributed by atoms with van der Waals surface area (Å²) in [6.45, 7) is 0.159. The topological polar surface area (TPSA) is 77.8 Å². The zero-order valence-corrected chi connectivity index (χ0v) is 9.38. The number of carboxylic acid groups (broad SMARTS) is 1. The lowest BCUT2D eigenvalue weighted by Crippen LogP contribution is -2.38. The van der Waals surface area contributed by atoms with Gasteiger partial charge in [0.2, 0.25) is 5.91 Å². The Kier molecular flexibility index (Phi) is 2.53. The molecule has 0 aliphatic carbocycles. The molecule has 90 valence electrons. The number of carboxylic acids is 1. The van der Waals surface area contributed by atoms with Crippen LogP contribution in [0.3, 0.4) is 0 Å². The molecule has 1 aromatic carbocycles. The monoisotopic (exact) mass is 235 g/mol. The molecule has 1 saturated heterocycles. The smallest absolute Gasteiger partial charge is 0.316 e. The molecular formula is C12H13NO4. The third kappa shape index (κ3) is 1.73. The molecule has 2 N–H and O–H groups in total. The van der Waals surface area contributed by atoms with E-state index in [0.29, 0.717) is 5.56 Å². The summed E-state index contributed by atoms with van der Waals surface area (Å²) in [6, 6.07) is 5.97. The van der Waals surface area contributed by atoms with Gasteiger partial charge >= 0.3 is 5.97 Å². The van der Waals surface area contributed by atoms with Crippen LogP contribution in [0.15, 0.2) is 24.3 Å². The molecule has 1 aliphatic rings. The highest BCUT2D eigenvalue weighted by Crippen LogP contribution is 2.35. The average molecular weight is 235 g/mol. The second-order valence-electron chi connectivity index (χ2n) is 4.36. The number of carbonyl (C=O) groups is 2. The van der Waals surface area contributed by atoms with Gasteiger partial charge < -0.3 is 15.1 Å². The number of nitrogens with zero attached hydrogens (tertiary/aromatic N) is 1. The Labute approximate surface area is 98.3 Å². The van der Waals surface area contributed by atoms with Gasteiger partial charge in [0.1, 0.15) is 11.2 Å². The molecule has 1 fully saturated rings. The number of benzene rings is 1. The van der Waals surface area contributed by atoms with Crippen molar-refractivity contribution in [3.63, 3.8) is 0 Å². The third-order valence-electron chi connectivity index (χ3n) is 3.22. The van der Waals surface area contributed by atoms with E-state index in [0.717, 1.165) is 0 Å². The largest absolute Gasteiger partial charge is 0.508 e. The zero-order valence-electron chi connectivity index (χ0n) is 9.38. The predicted molar refractivity (Wildman–Crippen MR) is 59.7 cm³/mol. The summed E-state index contributed by atoms with van der Waals surface area (Å²) >= 11 is 0. The van der Waals surface area contributed by atoms with Crippen LogP contribution in [0.1, 0.15) is 12.0 Å². The summed E-state index contributed by atoms with van der Waals surface area (Å²) in [5.41, 5.74) is -0.653. The Morgan fingerprint density at radius 1 is 1.35 bits per heavy atom. The van der Waals surface area contributed by atoms with Gasteiger partial charge in [-0.1, -0.05) is 12.1 Å². The van der Waals surface area contributed by atoms with Crippen molar-refractivity contribution in [2.24, 2.45) is 0 Å². The first-order valence-electron chi connectivity index (χ1n) is 5.22. The number of hydrogen-bond acceptors (Lipinski definition) is 3. The summed E-state index contributed by atoms with van der Waals surface area (Å²) in [5, 5.41) is 18.6. The number of aliphatic carboxylic acids is 1. The molecule has 1 aliphatic heterocycles. The second-order valence-corrected chi connectivity index (χ2v) is 4.36. The molecule has 1 unspecified atom stereocenters. The maximum atomic E-state index is 11.5. The van der Waals surface area contributed by atoms with Crippen molar-refractivity contribution in [1.29, 1.82) is 0 Å². The molecule has 5 nitrogen and oxygen atoms in total. The lowest BCUT2D eigenvalue weighted by Gasteiger charge is -2.23. The van der Waals surface area contributed by atoms with E-state index < -0.39 is 11.4 Å². The number of carbonyl (C=O) groups excluding carboxylic acids is 1. The molecule has 1 amide bonds. The minimum atomic E-state index is -1.19. The molecule has 2 rings (SSSR count). The van der Waals surface area contributed by atoms with E-state index >= 15 is 0 Å². The van der Waals surface area contributed by atoms with Gasteiger partial charge in [-0.2, -0.15) is 0 Å². The van der Waals surface area contributed by atoms with E-state index in [1.165, 1.54) is 17.0 Å². The summed E-state index contributed by atoms with van der Waals surface area (Å²) in [5.74, 6) is -1.12. The maximum Gasteiger partial charge on any atom is 0.316 e. The van der Waals surface area contributed by atoms with Crippen LogP contribution in [-0.2, 0) is 15.0 Å². The number of aromatic hydroxyl groups is 1. The summed E-state index contributed by atoms with van der Waals surface area (Å²) < 4.78 is 0. The van der Waals surface area contributed by atoms with Gasteiger partial charge in [0.25, 0.3) is 0 Å².